The number of amides is 1. The van der Waals surface area contributed by atoms with E-state index < -0.39 is 0 Å². The number of likely N-dealkylation sites (tertiary alicyclic amines) is 1. The molecule has 1 amide bonds. The molecule has 4 rings (SSSR count). The maximum atomic E-state index is 13.0. The van der Waals surface area contributed by atoms with Crippen LogP contribution in [-0.2, 0) is 16.1 Å². The highest BCUT2D eigenvalue weighted by atomic mass is 32.2. The van der Waals surface area contributed by atoms with Gasteiger partial charge >= 0.3 is 0 Å². The zero-order valence-corrected chi connectivity index (χ0v) is 20.0. The smallest absolute Gasteiger partial charge is 0.237 e. The number of fused-ring (bicyclic) bond motifs is 1. The highest BCUT2D eigenvalue weighted by molar-refractivity contribution is 7.99. The molecule has 1 aromatic heterocycles. The molecule has 8 nitrogen and oxygen atoms in total. The van der Waals surface area contributed by atoms with E-state index >= 15 is 0 Å². The molecule has 1 aliphatic heterocycles. The number of methoxy groups -OCH3 is 3. The molecule has 0 unspecified atom stereocenters. The molecule has 0 aliphatic carbocycles. The molecule has 2 atom stereocenters. The summed E-state index contributed by atoms with van der Waals surface area (Å²) in [6.45, 7) is 2.40. The number of imidazole rings is 1. The summed E-state index contributed by atoms with van der Waals surface area (Å²) in [7, 11) is 4.88. The van der Waals surface area contributed by atoms with Crippen molar-refractivity contribution in [1.82, 2.24) is 20.2 Å². The van der Waals surface area contributed by atoms with Gasteiger partial charge in [0.05, 0.1) is 37.9 Å². The predicted molar refractivity (Wildman–Crippen MR) is 129 cm³/mol. The summed E-state index contributed by atoms with van der Waals surface area (Å²) in [6.07, 6.45) is 0.744. The average molecular weight is 471 g/mol. The summed E-state index contributed by atoms with van der Waals surface area (Å²) in [5.74, 6) is 1.40. The van der Waals surface area contributed by atoms with Crippen LogP contribution in [0.25, 0.3) is 11.0 Å². The fraction of sp³-hybridized carbons (Fsp3) is 0.417. The van der Waals surface area contributed by atoms with Gasteiger partial charge in [0.2, 0.25) is 5.91 Å². The van der Waals surface area contributed by atoms with Gasteiger partial charge in [0, 0.05) is 32.0 Å². The normalized spacial score (nSPS) is 18.5. The Kier molecular flexibility index (Phi) is 7.74. The minimum Gasteiger partial charge on any atom is -0.493 e. The first-order valence-electron chi connectivity index (χ1n) is 10.9. The standard InChI is InChI=1S/C24H30N4O4S/c1-30-11-10-25-23(29)20-13-17(33-24-26-18-6-4-5-7-19(18)27-24)15-28(20)14-16-8-9-21(31-2)22(12-16)32-3/h4-9,12,17,20H,10-11,13-15H2,1-3H3,(H,25,29)(H,26,27)/t17-,20+/m1/s1. The highest BCUT2D eigenvalue weighted by Gasteiger charge is 2.37. The van der Waals surface area contributed by atoms with Crippen LogP contribution in [0.1, 0.15) is 12.0 Å². The van der Waals surface area contributed by atoms with Gasteiger partial charge < -0.3 is 24.5 Å². The van der Waals surface area contributed by atoms with Crippen LogP contribution < -0.4 is 14.8 Å². The Balaban J connectivity index is 1.50. The van der Waals surface area contributed by atoms with Crippen LogP contribution in [-0.4, -0.2) is 73.1 Å². The molecule has 0 saturated carbocycles. The molecular weight excluding hydrogens is 440 g/mol. The second-order valence-corrected chi connectivity index (χ2v) is 9.24. The second-order valence-electron chi connectivity index (χ2n) is 7.95. The van der Waals surface area contributed by atoms with Gasteiger partial charge in [-0.25, -0.2) is 4.98 Å². The zero-order chi connectivity index (χ0) is 23.2. The van der Waals surface area contributed by atoms with Crippen molar-refractivity contribution in [2.45, 2.75) is 29.4 Å². The quantitative estimate of drug-likeness (QED) is 0.440. The molecule has 9 heteroatoms. The molecule has 176 valence electrons. The summed E-state index contributed by atoms with van der Waals surface area (Å²) in [4.78, 5) is 23.3. The third kappa shape index (κ3) is 5.61. The van der Waals surface area contributed by atoms with Gasteiger partial charge in [-0.15, -0.1) is 0 Å². The molecule has 3 aromatic rings. The van der Waals surface area contributed by atoms with Gasteiger partial charge in [-0.1, -0.05) is 30.0 Å². The van der Waals surface area contributed by atoms with Crippen LogP contribution in [0.4, 0.5) is 0 Å². The second kappa shape index (κ2) is 10.9. The summed E-state index contributed by atoms with van der Waals surface area (Å²) in [5.41, 5.74) is 3.04. The van der Waals surface area contributed by atoms with Gasteiger partial charge in [-0.3, -0.25) is 9.69 Å². The number of aromatic nitrogens is 2. The number of nitrogens with one attached hydrogen (secondary N) is 2. The Hall–Kier alpha value is -2.75. The van der Waals surface area contributed by atoms with Crippen LogP contribution in [0.15, 0.2) is 47.6 Å². The molecule has 2 heterocycles. The van der Waals surface area contributed by atoms with Crippen LogP contribution >= 0.6 is 11.8 Å². The average Bonchev–Trinajstić information content (AvgIpc) is 3.42. The maximum Gasteiger partial charge on any atom is 0.237 e. The number of rotatable bonds is 10. The summed E-state index contributed by atoms with van der Waals surface area (Å²) in [5, 5.41) is 4.13. The van der Waals surface area contributed by atoms with Crippen LogP contribution in [0.5, 0.6) is 11.5 Å². The van der Waals surface area contributed by atoms with Crippen molar-refractivity contribution < 1.29 is 19.0 Å². The number of hydrogen-bond donors (Lipinski definition) is 2. The Morgan fingerprint density at radius 1 is 1.18 bits per heavy atom. The topological polar surface area (TPSA) is 88.7 Å². The minimum atomic E-state index is -0.225. The van der Waals surface area contributed by atoms with Crippen LogP contribution in [0, 0.1) is 0 Å². The Morgan fingerprint density at radius 3 is 2.76 bits per heavy atom. The SMILES string of the molecule is COCCNC(=O)[C@@H]1C[C@@H](Sc2nc3ccccc3[nH]2)CN1Cc1ccc(OC)c(OC)c1. The first-order chi connectivity index (χ1) is 16.1. The number of ether oxygens (including phenoxy) is 3. The Labute approximate surface area is 198 Å². The lowest BCUT2D eigenvalue weighted by atomic mass is 10.1. The number of thioether (sulfide) groups is 1. The molecule has 2 aromatic carbocycles. The van der Waals surface area contributed by atoms with Gasteiger partial charge in [0.15, 0.2) is 16.7 Å². The van der Waals surface area contributed by atoms with Crippen molar-refractivity contribution >= 4 is 28.7 Å². The lowest BCUT2D eigenvalue weighted by Gasteiger charge is -2.24. The molecule has 2 N–H and O–H groups in total. The third-order valence-corrected chi connectivity index (χ3v) is 6.84. The van der Waals surface area contributed by atoms with Crippen molar-refractivity contribution in [3.63, 3.8) is 0 Å². The van der Waals surface area contributed by atoms with Crippen molar-refractivity contribution in [1.29, 1.82) is 0 Å². The van der Waals surface area contributed by atoms with E-state index in [0.29, 0.717) is 31.2 Å². The Morgan fingerprint density at radius 2 is 2.00 bits per heavy atom. The summed E-state index contributed by atoms with van der Waals surface area (Å²) >= 11 is 1.70. The molecule has 33 heavy (non-hydrogen) atoms. The molecular formula is C24H30N4O4S. The van der Waals surface area contributed by atoms with E-state index in [-0.39, 0.29) is 17.2 Å². The molecule has 0 radical (unpaired) electrons. The Bertz CT molecular complexity index is 1060. The number of para-hydroxylation sites is 2. The van der Waals surface area contributed by atoms with E-state index in [0.717, 1.165) is 34.7 Å². The number of benzene rings is 2. The van der Waals surface area contributed by atoms with Crippen molar-refractivity contribution in [2.24, 2.45) is 0 Å². The molecule has 0 spiro atoms. The van der Waals surface area contributed by atoms with Gasteiger partial charge in [-0.05, 0) is 36.2 Å². The number of nitrogens with zero attached hydrogens (tertiary/aromatic N) is 2. The van der Waals surface area contributed by atoms with Gasteiger partial charge in [-0.2, -0.15) is 0 Å². The largest absolute Gasteiger partial charge is 0.493 e. The fourth-order valence-corrected chi connectivity index (χ4v) is 5.33. The van der Waals surface area contributed by atoms with E-state index in [1.165, 1.54) is 0 Å². The van der Waals surface area contributed by atoms with Crippen molar-refractivity contribution in [2.75, 3.05) is 41.0 Å². The monoisotopic (exact) mass is 470 g/mol. The number of H-pyrrole nitrogens is 1. The first kappa shape index (κ1) is 23.4. The number of carbonyl (C=O) groups excluding carboxylic acids is 1. The van der Waals surface area contributed by atoms with E-state index in [1.807, 2.05) is 42.5 Å². The van der Waals surface area contributed by atoms with E-state index in [1.54, 1.807) is 33.1 Å². The lowest BCUT2D eigenvalue weighted by Crippen LogP contribution is -2.43. The molecule has 0 bridgehead atoms. The predicted octanol–water partition coefficient (Wildman–Crippen LogP) is 3.08. The third-order valence-electron chi connectivity index (χ3n) is 5.75. The van der Waals surface area contributed by atoms with Gasteiger partial charge in [0.25, 0.3) is 0 Å². The number of carbonyl (C=O) groups is 1. The molecule has 1 aliphatic rings. The summed E-state index contributed by atoms with van der Waals surface area (Å²) < 4.78 is 15.9. The first-order valence-corrected chi connectivity index (χ1v) is 11.8. The summed E-state index contributed by atoms with van der Waals surface area (Å²) in [6, 6.07) is 13.7. The lowest BCUT2D eigenvalue weighted by molar-refractivity contribution is -0.125. The molecule has 1 saturated heterocycles. The van der Waals surface area contributed by atoms with Crippen LogP contribution in [0.3, 0.4) is 0 Å². The van der Waals surface area contributed by atoms with E-state index in [4.69, 9.17) is 19.2 Å². The van der Waals surface area contributed by atoms with Crippen LogP contribution in [0.2, 0.25) is 0 Å². The zero-order valence-electron chi connectivity index (χ0n) is 19.2. The number of aromatic amines is 1. The van der Waals surface area contributed by atoms with E-state index in [2.05, 4.69) is 15.2 Å². The molecule has 1 fully saturated rings. The maximum absolute atomic E-state index is 13.0. The fourth-order valence-electron chi connectivity index (χ4n) is 4.15. The van der Waals surface area contributed by atoms with Crippen molar-refractivity contribution in [3.8, 4) is 11.5 Å². The minimum absolute atomic E-state index is 0.0280. The van der Waals surface area contributed by atoms with E-state index in [9.17, 15) is 4.79 Å². The van der Waals surface area contributed by atoms with Gasteiger partial charge in [0.1, 0.15) is 0 Å². The van der Waals surface area contributed by atoms with Crippen molar-refractivity contribution in [3.05, 3.63) is 48.0 Å². The number of hydrogen-bond acceptors (Lipinski definition) is 7. The highest BCUT2D eigenvalue weighted by Crippen LogP contribution is 2.34.